The lowest BCUT2D eigenvalue weighted by Crippen LogP contribution is -2.45. The van der Waals surface area contributed by atoms with Gasteiger partial charge in [0.1, 0.15) is 0 Å². The molecule has 7 nitrogen and oxygen atoms in total. The van der Waals surface area contributed by atoms with Crippen molar-refractivity contribution in [3.05, 3.63) is 29.8 Å². The van der Waals surface area contributed by atoms with E-state index in [2.05, 4.69) is 32.7 Å². The van der Waals surface area contributed by atoms with E-state index in [1.807, 2.05) is 17.0 Å². The molecule has 0 radical (unpaired) electrons. The van der Waals surface area contributed by atoms with E-state index < -0.39 is 0 Å². The molecule has 2 saturated heterocycles. The maximum atomic E-state index is 11.9. The number of nitrogens with one attached hydrogen (secondary N) is 2. The molecule has 1 aromatic carbocycles. The first-order valence-corrected chi connectivity index (χ1v) is 10.3. The molecular formula is C21H33N5O2. The van der Waals surface area contributed by atoms with Crippen molar-refractivity contribution >= 4 is 17.6 Å². The van der Waals surface area contributed by atoms with Crippen molar-refractivity contribution in [2.24, 2.45) is 4.99 Å². The van der Waals surface area contributed by atoms with Crippen LogP contribution in [0.2, 0.25) is 0 Å². The second-order valence-electron chi connectivity index (χ2n) is 7.45. The molecule has 0 aliphatic carbocycles. The maximum absolute atomic E-state index is 11.9. The van der Waals surface area contributed by atoms with Crippen LogP contribution in [-0.2, 0) is 16.1 Å². The van der Waals surface area contributed by atoms with Gasteiger partial charge in [-0.1, -0.05) is 12.1 Å². The largest absolute Gasteiger partial charge is 0.383 e. The number of guanidine groups is 1. The molecule has 0 bridgehead atoms. The molecule has 2 aliphatic rings. The summed E-state index contributed by atoms with van der Waals surface area (Å²) in [5.41, 5.74) is 2.16. The molecule has 1 unspecified atom stereocenters. The third-order valence-corrected chi connectivity index (χ3v) is 5.59. The quantitative estimate of drug-likeness (QED) is 0.524. The van der Waals surface area contributed by atoms with Crippen LogP contribution in [0.1, 0.15) is 31.2 Å². The van der Waals surface area contributed by atoms with Gasteiger partial charge in [0.15, 0.2) is 5.96 Å². The fourth-order valence-electron chi connectivity index (χ4n) is 3.97. The first-order chi connectivity index (χ1) is 13.7. The summed E-state index contributed by atoms with van der Waals surface area (Å²) in [6.07, 6.45) is 4.07. The lowest BCUT2D eigenvalue weighted by atomic mass is 10.2. The number of amides is 1. The number of aliphatic imine (C=N–C) groups is 1. The number of ether oxygens (including phenoxy) is 1. The Balaban J connectivity index is 1.44. The van der Waals surface area contributed by atoms with E-state index in [1.54, 1.807) is 14.2 Å². The molecule has 28 heavy (non-hydrogen) atoms. The number of carbonyl (C=O) groups is 1. The lowest BCUT2D eigenvalue weighted by Gasteiger charge is -2.25. The van der Waals surface area contributed by atoms with Crippen LogP contribution in [0.25, 0.3) is 0 Å². The molecular weight excluding hydrogens is 354 g/mol. The number of methoxy groups -OCH3 is 1. The van der Waals surface area contributed by atoms with Gasteiger partial charge < -0.3 is 20.3 Å². The average Bonchev–Trinajstić information content (AvgIpc) is 3.35. The molecule has 0 aromatic heterocycles. The highest BCUT2D eigenvalue weighted by Crippen LogP contribution is 2.21. The third-order valence-electron chi connectivity index (χ3n) is 5.59. The lowest BCUT2D eigenvalue weighted by molar-refractivity contribution is -0.117. The molecule has 154 valence electrons. The monoisotopic (exact) mass is 387 g/mol. The predicted octanol–water partition coefficient (Wildman–Crippen LogP) is 1.59. The van der Waals surface area contributed by atoms with Gasteiger partial charge in [-0.05, 0) is 43.5 Å². The van der Waals surface area contributed by atoms with Crippen LogP contribution in [0.15, 0.2) is 29.3 Å². The van der Waals surface area contributed by atoms with Crippen molar-refractivity contribution in [1.82, 2.24) is 15.5 Å². The summed E-state index contributed by atoms with van der Waals surface area (Å²) in [5, 5.41) is 6.83. The van der Waals surface area contributed by atoms with Crippen LogP contribution < -0.4 is 15.5 Å². The van der Waals surface area contributed by atoms with Gasteiger partial charge in [0.25, 0.3) is 0 Å². The molecule has 2 heterocycles. The maximum Gasteiger partial charge on any atom is 0.227 e. The van der Waals surface area contributed by atoms with E-state index in [-0.39, 0.29) is 5.91 Å². The minimum absolute atomic E-state index is 0.224. The third kappa shape index (κ3) is 5.45. The van der Waals surface area contributed by atoms with E-state index in [4.69, 9.17) is 4.74 Å². The normalized spacial score (nSPS) is 20.8. The van der Waals surface area contributed by atoms with Crippen LogP contribution in [0.3, 0.4) is 0 Å². The summed E-state index contributed by atoms with van der Waals surface area (Å²) >= 11 is 0. The Morgan fingerprint density at radius 3 is 2.71 bits per heavy atom. The molecule has 1 aromatic rings. The van der Waals surface area contributed by atoms with Crippen LogP contribution in [0, 0.1) is 0 Å². The van der Waals surface area contributed by atoms with E-state index >= 15 is 0 Å². The van der Waals surface area contributed by atoms with Crippen molar-refractivity contribution in [1.29, 1.82) is 0 Å². The van der Waals surface area contributed by atoms with Crippen LogP contribution >= 0.6 is 0 Å². The first-order valence-electron chi connectivity index (χ1n) is 10.3. The minimum Gasteiger partial charge on any atom is -0.383 e. The molecule has 2 N–H and O–H groups in total. The zero-order chi connectivity index (χ0) is 19.8. The Bertz CT molecular complexity index is 661. The van der Waals surface area contributed by atoms with Gasteiger partial charge in [-0.3, -0.25) is 14.7 Å². The van der Waals surface area contributed by atoms with E-state index in [9.17, 15) is 4.79 Å². The van der Waals surface area contributed by atoms with Crippen LogP contribution in [0.4, 0.5) is 5.69 Å². The van der Waals surface area contributed by atoms with Gasteiger partial charge >= 0.3 is 0 Å². The van der Waals surface area contributed by atoms with Gasteiger partial charge in [-0.15, -0.1) is 0 Å². The highest BCUT2D eigenvalue weighted by atomic mass is 16.5. The van der Waals surface area contributed by atoms with Crippen molar-refractivity contribution in [2.75, 3.05) is 51.8 Å². The number of hydrogen-bond acceptors (Lipinski definition) is 4. The molecule has 0 spiro atoms. The second-order valence-corrected chi connectivity index (χ2v) is 7.45. The highest BCUT2D eigenvalue weighted by molar-refractivity contribution is 5.95. The molecule has 1 atom stereocenters. The Labute approximate surface area is 168 Å². The molecule has 2 aliphatic heterocycles. The molecule has 0 saturated carbocycles. The smallest absolute Gasteiger partial charge is 0.227 e. The number of likely N-dealkylation sites (tertiary alicyclic amines) is 1. The van der Waals surface area contributed by atoms with E-state index in [0.29, 0.717) is 19.0 Å². The fourth-order valence-corrected chi connectivity index (χ4v) is 3.97. The zero-order valence-corrected chi connectivity index (χ0v) is 17.1. The van der Waals surface area contributed by atoms with Gasteiger partial charge in [0.05, 0.1) is 6.61 Å². The summed E-state index contributed by atoms with van der Waals surface area (Å²) in [4.78, 5) is 20.6. The van der Waals surface area contributed by atoms with Gasteiger partial charge in [-0.2, -0.15) is 0 Å². The minimum atomic E-state index is 0.224. The summed E-state index contributed by atoms with van der Waals surface area (Å²) in [6, 6.07) is 8.74. The van der Waals surface area contributed by atoms with Crippen molar-refractivity contribution < 1.29 is 9.53 Å². The standard InChI is InChI=1S/C21H33N5O2/c1-22-21(24-16-19-5-3-11-25(19)13-14-28-2)23-15-17-7-9-18(10-8-17)26-12-4-6-20(26)27/h7-10,19H,3-6,11-16H2,1-2H3,(H2,22,23,24). The average molecular weight is 388 g/mol. The van der Waals surface area contributed by atoms with Gasteiger partial charge in [0, 0.05) is 58.5 Å². The van der Waals surface area contributed by atoms with Gasteiger partial charge in [0.2, 0.25) is 5.91 Å². The number of carbonyl (C=O) groups excluding carboxylic acids is 1. The Kier molecular flexibility index (Phi) is 7.68. The highest BCUT2D eigenvalue weighted by Gasteiger charge is 2.24. The second kappa shape index (κ2) is 10.4. The molecule has 3 rings (SSSR count). The topological polar surface area (TPSA) is 69.2 Å². The molecule has 2 fully saturated rings. The summed E-state index contributed by atoms with van der Waals surface area (Å²) in [6.45, 7) is 5.33. The predicted molar refractivity (Wildman–Crippen MR) is 113 cm³/mol. The van der Waals surface area contributed by atoms with Crippen LogP contribution in [0.5, 0.6) is 0 Å². The van der Waals surface area contributed by atoms with Crippen molar-refractivity contribution in [3.63, 3.8) is 0 Å². The number of rotatable bonds is 8. The number of hydrogen-bond donors (Lipinski definition) is 2. The molecule has 7 heteroatoms. The number of benzene rings is 1. The van der Waals surface area contributed by atoms with E-state index in [1.165, 1.54) is 18.4 Å². The molecule has 1 amide bonds. The van der Waals surface area contributed by atoms with E-state index in [0.717, 1.165) is 50.9 Å². The first kappa shape index (κ1) is 20.6. The van der Waals surface area contributed by atoms with Crippen LogP contribution in [-0.4, -0.2) is 69.8 Å². The van der Waals surface area contributed by atoms with Crippen molar-refractivity contribution in [2.45, 2.75) is 38.3 Å². The summed E-state index contributed by atoms with van der Waals surface area (Å²) in [5.74, 6) is 1.04. The summed E-state index contributed by atoms with van der Waals surface area (Å²) < 4.78 is 5.21. The Morgan fingerprint density at radius 1 is 1.21 bits per heavy atom. The zero-order valence-electron chi connectivity index (χ0n) is 17.1. The summed E-state index contributed by atoms with van der Waals surface area (Å²) in [7, 11) is 3.55. The Morgan fingerprint density at radius 2 is 2.04 bits per heavy atom. The van der Waals surface area contributed by atoms with Gasteiger partial charge in [-0.25, -0.2) is 0 Å². The fraction of sp³-hybridized carbons (Fsp3) is 0.619. The Hall–Kier alpha value is -2.12. The SMILES string of the molecule is CN=C(NCc1ccc(N2CCCC2=O)cc1)NCC1CCCN1CCOC. The number of anilines is 1. The van der Waals surface area contributed by atoms with Crippen molar-refractivity contribution in [3.8, 4) is 0 Å². The number of nitrogens with zero attached hydrogens (tertiary/aromatic N) is 3.